The van der Waals surface area contributed by atoms with Crippen LogP contribution in [0.4, 0.5) is 17.1 Å². The van der Waals surface area contributed by atoms with E-state index in [4.69, 9.17) is 4.74 Å². The summed E-state index contributed by atoms with van der Waals surface area (Å²) >= 11 is 0. The van der Waals surface area contributed by atoms with E-state index in [0.717, 1.165) is 13.0 Å². The minimum absolute atomic E-state index is 0.126. The second-order valence-corrected chi connectivity index (χ2v) is 5.70. The highest BCUT2D eigenvalue weighted by atomic mass is 16.6. The first-order valence-corrected chi connectivity index (χ1v) is 7.60. The lowest BCUT2D eigenvalue weighted by Gasteiger charge is -2.21. The molecule has 2 atom stereocenters. The predicted molar refractivity (Wildman–Crippen MR) is 81.8 cm³/mol. The van der Waals surface area contributed by atoms with E-state index in [1.54, 1.807) is 12.1 Å². The van der Waals surface area contributed by atoms with Crippen LogP contribution in [0.1, 0.15) is 26.2 Å². The molecule has 0 amide bonds. The molecule has 1 aromatic rings. The normalized spacial score (nSPS) is 24.8. The number of hydrogen-bond acceptors (Lipinski definition) is 5. The van der Waals surface area contributed by atoms with Crippen LogP contribution in [0, 0.1) is 16.0 Å². The molecule has 2 N–H and O–H groups in total. The van der Waals surface area contributed by atoms with Gasteiger partial charge in [0.25, 0.3) is 0 Å². The third-order valence-electron chi connectivity index (χ3n) is 4.15. The summed E-state index contributed by atoms with van der Waals surface area (Å²) in [6, 6.07) is 5.54. The molecule has 1 heterocycles. The summed E-state index contributed by atoms with van der Waals surface area (Å²) in [5, 5.41) is 17.8. The fourth-order valence-electron chi connectivity index (χ4n) is 3.04. The van der Waals surface area contributed by atoms with Crippen LogP contribution in [0.5, 0.6) is 0 Å². The van der Waals surface area contributed by atoms with Crippen LogP contribution >= 0.6 is 0 Å². The van der Waals surface area contributed by atoms with Gasteiger partial charge in [0.15, 0.2) is 0 Å². The Bertz CT molecular complexity index is 531. The van der Waals surface area contributed by atoms with Gasteiger partial charge in [-0.3, -0.25) is 10.1 Å². The maximum Gasteiger partial charge on any atom is 0.315 e. The molecule has 6 nitrogen and oxygen atoms in total. The van der Waals surface area contributed by atoms with Crippen molar-refractivity contribution in [3.05, 3.63) is 28.3 Å². The number of nitro benzene ring substituents is 1. The topological polar surface area (TPSA) is 76.4 Å². The summed E-state index contributed by atoms with van der Waals surface area (Å²) in [5.74, 6) is 0.626. The van der Waals surface area contributed by atoms with Gasteiger partial charge in [0.1, 0.15) is 11.4 Å². The van der Waals surface area contributed by atoms with Gasteiger partial charge in [-0.25, -0.2) is 0 Å². The van der Waals surface area contributed by atoms with Gasteiger partial charge in [0.2, 0.25) is 0 Å². The second-order valence-electron chi connectivity index (χ2n) is 5.70. The molecule has 3 rings (SSSR count). The number of nitrogens with zero attached hydrogens (tertiary/aromatic N) is 1. The molecule has 2 unspecified atom stereocenters. The zero-order chi connectivity index (χ0) is 14.8. The molecule has 0 bridgehead atoms. The molecule has 1 aromatic carbocycles. The van der Waals surface area contributed by atoms with E-state index in [0.29, 0.717) is 23.8 Å². The molecule has 1 saturated carbocycles. The molecular formula is C15H21N3O3. The van der Waals surface area contributed by atoms with Gasteiger partial charge in [0, 0.05) is 13.2 Å². The smallest absolute Gasteiger partial charge is 0.315 e. The Labute approximate surface area is 124 Å². The van der Waals surface area contributed by atoms with Crippen molar-refractivity contribution >= 4 is 17.1 Å². The van der Waals surface area contributed by atoms with Crippen LogP contribution in [0.15, 0.2) is 18.2 Å². The monoisotopic (exact) mass is 291 g/mol. The van der Waals surface area contributed by atoms with Gasteiger partial charge < -0.3 is 15.4 Å². The third kappa shape index (κ3) is 2.95. The van der Waals surface area contributed by atoms with Gasteiger partial charge in [-0.2, -0.15) is 0 Å². The quantitative estimate of drug-likeness (QED) is 0.622. The zero-order valence-electron chi connectivity index (χ0n) is 12.2. The lowest BCUT2D eigenvalue weighted by Crippen LogP contribution is -2.31. The molecule has 2 aliphatic rings. The second kappa shape index (κ2) is 5.89. The molecule has 1 saturated heterocycles. The SMILES string of the molecule is CCNc1cccc(NC2CCOC2C2CC2)c1[N+](=O)[O-]. The van der Waals surface area contributed by atoms with Crippen molar-refractivity contribution in [1.29, 1.82) is 0 Å². The minimum Gasteiger partial charge on any atom is -0.380 e. The Hall–Kier alpha value is -1.82. The lowest BCUT2D eigenvalue weighted by atomic mass is 10.1. The first-order chi connectivity index (χ1) is 10.2. The fourth-order valence-corrected chi connectivity index (χ4v) is 3.04. The number of nitrogens with one attached hydrogen (secondary N) is 2. The molecule has 1 aliphatic carbocycles. The highest BCUT2D eigenvalue weighted by Crippen LogP contribution is 2.41. The van der Waals surface area contributed by atoms with Crippen LogP contribution in [0.2, 0.25) is 0 Å². The molecule has 114 valence electrons. The maximum atomic E-state index is 11.4. The fraction of sp³-hybridized carbons (Fsp3) is 0.600. The Morgan fingerprint density at radius 1 is 1.33 bits per heavy atom. The van der Waals surface area contributed by atoms with Crippen molar-refractivity contribution in [2.75, 3.05) is 23.8 Å². The number of para-hydroxylation sites is 1. The maximum absolute atomic E-state index is 11.4. The van der Waals surface area contributed by atoms with Crippen molar-refractivity contribution < 1.29 is 9.66 Å². The van der Waals surface area contributed by atoms with Crippen molar-refractivity contribution in [3.8, 4) is 0 Å². The predicted octanol–water partition coefficient (Wildman–Crippen LogP) is 3.01. The summed E-state index contributed by atoms with van der Waals surface area (Å²) in [4.78, 5) is 11.1. The summed E-state index contributed by atoms with van der Waals surface area (Å²) in [6.45, 7) is 3.32. The van der Waals surface area contributed by atoms with Crippen LogP contribution < -0.4 is 10.6 Å². The Balaban J connectivity index is 1.83. The molecule has 0 radical (unpaired) electrons. The zero-order valence-corrected chi connectivity index (χ0v) is 12.2. The van der Waals surface area contributed by atoms with Crippen LogP contribution in [0.3, 0.4) is 0 Å². The van der Waals surface area contributed by atoms with Gasteiger partial charge in [0.05, 0.1) is 17.1 Å². The highest BCUT2D eigenvalue weighted by molar-refractivity contribution is 5.76. The Kier molecular flexibility index (Phi) is 3.96. The van der Waals surface area contributed by atoms with Crippen LogP contribution in [0.25, 0.3) is 0 Å². The van der Waals surface area contributed by atoms with E-state index in [-0.39, 0.29) is 22.8 Å². The van der Waals surface area contributed by atoms with Crippen LogP contribution in [-0.2, 0) is 4.74 Å². The summed E-state index contributed by atoms with van der Waals surface area (Å²) < 4.78 is 5.79. The van der Waals surface area contributed by atoms with Crippen molar-refractivity contribution in [1.82, 2.24) is 0 Å². The summed E-state index contributed by atoms with van der Waals surface area (Å²) in [7, 11) is 0. The number of hydrogen-bond donors (Lipinski definition) is 2. The molecule has 6 heteroatoms. The van der Waals surface area contributed by atoms with Gasteiger partial charge in [-0.05, 0) is 44.2 Å². The first kappa shape index (κ1) is 14.1. The standard InChI is InChI=1S/C15H21N3O3/c1-2-16-11-4-3-5-12(14(11)18(19)20)17-13-8-9-21-15(13)10-6-7-10/h3-5,10,13,15-17H,2,6-9H2,1H3. The number of ether oxygens (including phenoxy) is 1. The third-order valence-corrected chi connectivity index (χ3v) is 4.15. The Morgan fingerprint density at radius 3 is 2.76 bits per heavy atom. The molecule has 1 aliphatic heterocycles. The number of nitro groups is 1. The molecule has 2 fully saturated rings. The van der Waals surface area contributed by atoms with Crippen LogP contribution in [-0.4, -0.2) is 30.2 Å². The number of rotatable bonds is 6. The average Bonchev–Trinajstić information content (AvgIpc) is 3.20. The van der Waals surface area contributed by atoms with Gasteiger partial charge in [-0.1, -0.05) is 6.07 Å². The van der Waals surface area contributed by atoms with Gasteiger partial charge in [-0.15, -0.1) is 0 Å². The van der Waals surface area contributed by atoms with E-state index in [2.05, 4.69) is 10.6 Å². The summed E-state index contributed by atoms with van der Waals surface area (Å²) in [5.41, 5.74) is 1.27. The first-order valence-electron chi connectivity index (χ1n) is 7.60. The summed E-state index contributed by atoms with van der Waals surface area (Å²) in [6.07, 6.45) is 3.53. The molecule has 0 spiro atoms. The average molecular weight is 291 g/mol. The number of anilines is 2. The van der Waals surface area contributed by atoms with Crippen molar-refractivity contribution in [2.45, 2.75) is 38.3 Å². The van der Waals surface area contributed by atoms with Crippen molar-refractivity contribution in [2.24, 2.45) is 5.92 Å². The van der Waals surface area contributed by atoms with Gasteiger partial charge >= 0.3 is 5.69 Å². The molecule has 21 heavy (non-hydrogen) atoms. The minimum atomic E-state index is -0.317. The largest absolute Gasteiger partial charge is 0.380 e. The van der Waals surface area contributed by atoms with E-state index in [1.807, 2.05) is 13.0 Å². The van der Waals surface area contributed by atoms with E-state index in [9.17, 15) is 10.1 Å². The number of benzene rings is 1. The van der Waals surface area contributed by atoms with E-state index in [1.165, 1.54) is 12.8 Å². The Morgan fingerprint density at radius 2 is 2.10 bits per heavy atom. The van der Waals surface area contributed by atoms with Crippen molar-refractivity contribution in [3.63, 3.8) is 0 Å². The lowest BCUT2D eigenvalue weighted by molar-refractivity contribution is -0.383. The van der Waals surface area contributed by atoms with E-state index >= 15 is 0 Å². The molecule has 0 aromatic heterocycles. The molecular weight excluding hydrogens is 270 g/mol. The van der Waals surface area contributed by atoms with E-state index < -0.39 is 0 Å². The highest BCUT2D eigenvalue weighted by Gasteiger charge is 2.41.